The summed E-state index contributed by atoms with van der Waals surface area (Å²) in [6.07, 6.45) is 4.46. The maximum atomic E-state index is 11.9. The van der Waals surface area contributed by atoms with Crippen molar-refractivity contribution in [2.24, 2.45) is 0 Å². The Bertz CT molecular complexity index is 374. The van der Waals surface area contributed by atoms with E-state index < -0.39 is 0 Å². The second kappa shape index (κ2) is 7.25. The van der Waals surface area contributed by atoms with Crippen molar-refractivity contribution in [2.45, 2.75) is 19.4 Å². The first-order valence-electron chi connectivity index (χ1n) is 6.84. The third-order valence-corrected chi connectivity index (χ3v) is 3.36. The summed E-state index contributed by atoms with van der Waals surface area (Å²) in [4.78, 5) is 14.3. The number of nitrogens with one attached hydrogen (secondary N) is 1. The average Bonchev–Trinajstić information content (AvgIpc) is 2.98. The van der Waals surface area contributed by atoms with Gasteiger partial charge in [-0.25, -0.2) is 0 Å². The van der Waals surface area contributed by atoms with Crippen LogP contribution in [0.1, 0.15) is 19.4 Å². The maximum absolute atomic E-state index is 11.9. The molecule has 1 N–H and O–H groups in total. The molecular weight excluding hydrogens is 244 g/mol. The summed E-state index contributed by atoms with van der Waals surface area (Å²) in [6.45, 7) is 7.21. The molecule has 1 atom stereocenters. The van der Waals surface area contributed by atoms with Crippen molar-refractivity contribution in [3.8, 4) is 0 Å². The molecule has 1 aliphatic heterocycles. The standard InChI is InChI=1S/C13H22N4O2/c1-12(17-7-3-5-15-17)13(18)14-4-2-6-16-8-10-19-11-9-16/h3,5,7,12H,2,4,6,8-11H2,1H3,(H,14,18)/t12-/m1/s1. The number of rotatable bonds is 6. The Labute approximate surface area is 113 Å². The highest BCUT2D eigenvalue weighted by Crippen LogP contribution is 2.03. The Kier molecular flexibility index (Phi) is 5.35. The molecule has 1 aromatic rings. The van der Waals surface area contributed by atoms with Crippen LogP contribution in [0.15, 0.2) is 18.5 Å². The molecule has 106 valence electrons. The lowest BCUT2D eigenvalue weighted by molar-refractivity contribution is -0.124. The molecule has 1 aliphatic rings. The summed E-state index contributed by atoms with van der Waals surface area (Å²) < 4.78 is 6.96. The first kappa shape index (κ1) is 14.0. The number of carbonyl (C=O) groups excluding carboxylic acids is 1. The highest BCUT2D eigenvalue weighted by molar-refractivity contribution is 5.79. The molecule has 1 amide bonds. The van der Waals surface area contributed by atoms with Crippen LogP contribution < -0.4 is 5.32 Å². The molecule has 19 heavy (non-hydrogen) atoms. The smallest absolute Gasteiger partial charge is 0.244 e. The van der Waals surface area contributed by atoms with Gasteiger partial charge in [0.05, 0.1) is 13.2 Å². The molecule has 0 unspecified atom stereocenters. The molecule has 2 rings (SSSR count). The zero-order chi connectivity index (χ0) is 13.5. The topological polar surface area (TPSA) is 59.4 Å². The number of hydrogen-bond donors (Lipinski definition) is 1. The fourth-order valence-corrected chi connectivity index (χ4v) is 2.12. The Morgan fingerprint density at radius 2 is 2.26 bits per heavy atom. The highest BCUT2D eigenvalue weighted by atomic mass is 16.5. The summed E-state index contributed by atoms with van der Waals surface area (Å²) in [5, 5.41) is 7.03. The lowest BCUT2D eigenvalue weighted by atomic mass is 10.3. The molecule has 0 radical (unpaired) electrons. The van der Waals surface area contributed by atoms with Crippen molar-refractivity contribution in [2.75, 3.05) is 39.4 Å². The first-order chi connectivity index (χ1) is 9.27. The number of carbonyl (C=O) groups is 1. The van der Waals surface area contributed by atoms with Gasteiger partial charge in [-0.1, -0.05) is 0 Å². The van der Waals surface area contributed by atoms with Crippen molar-refractivity contribution < 1.29 is 9.53 Å². The summed E-state index contributed by atoms with van der Waals surface area (Å²) in [6, 6.07) is 1.57. The van der Waals surface area contributed by atoms with Crippen molar-refractivity contribution >= 4 is 5.91 Å². The van der Waals surface area contributed by atoms with Crippen LogP contribution in [0.2, 0.25) is 0 Å². The van der Waals surface area contributed by atoms with E-state index in [1.165, 1.54) is 0 Å². The predicted molar refractivity (Wildman–Crippen MR) is 71.8 cm³/mol. The van der Waals surface area contributed by atoms with E-state index in [0.717, 1.165) is 39.3 Å². The van der Waals surface area contributed by atoms with E-state index >= 15 is 0 Å². The van der Waals surface area contributed by atoms with Crippen molar-refractivity contribution in [3.63, 3.8) is 0 Å². The number of aromatic nitrogens is 2. The molecular formula is C13H22N4O2. The Hall–Kier alpha value is -1.40. The fourth-order valence-electron chi connectivity index (χ4n) is 2.12. The second-order valence-electron chi connectivity index (χ2n) is 4.76. The minimum Gasteiger partial charge on any atom is -0.379 e. The van der Waals surface area contributed by atoms with Crippen molar-refractivity contribution in [3.05, 3.63) is 18.5 Å². The first-order valence-corrected chi connectivity index (χ1v) is 6.84. The van der Waals surface area contributed by atoms with Gasteiger partial charge in [-0.3, -0.25) is 14.4 Å². The summed E-state index contributed by atoms with van der Waals surface area (Å²) in [7, 11) is 0. The second-order valence-corrected chi connectivity index (χ2v) is 4.76. The van der Waals surface area contributed by atoms with Crippen LogP contribution >= 0.6 is 0 Å². The fraction of sp³-hybridized carbons (Fsp3) is 0.692. The number of nitrogens with zero attached hydrogens (tertiary/aromatic N) is 3. The van der Waals surface area contributed by atoms with Gasteiger partial charge in [0.25, 0.3) is 0 Å². The summed E-state index contributed by atoms with van der Waals surface area (Å²) >= 11 is 0. The minimum absolute atomic E-state index is 0.0191. The molecule has 0 saturated carbocycles. The van der Waals surface area contributed by atoms with Gasteiger partial charge in [-0.05, 0) is 26.0 Å². The van der Waals surface area contributed by atoms with E-state index in [9.17, 15) is 4.79 Å². The van der Waals surface area contributed by atoms with E-state index in [4.69, 9.17) is 4.74 Å². The normalized spacial score (nSPS) is 18.2. The molecule has 0 aromatic carbocycles. The predicted octanol–water partition coefficient (Wildman–Crippen LogP) is 0.283. The van der Waals surface area contributed by atoms with Crippen LogP contribution in [0.5, 0.6) is 0 Å². The van der Waals surface area contributed by atoms with E-state index in [1.807, 2.05) is 13.0 Å². The number of morpholine rings is 1. The third-order valence-electron chi connectivity index (χ3n) is 3.36. The molecule has 0 spiro atoms. The van der Waals surface area contributed by atoms with Crippen LogP contribution in [0, 0.1) is 0 Å². The van der Waals surface area contributed by atoms with Gasteiger partial charge in [0.15, 0.2) is 0 Å². The van der Waals surface area contributed by atoms with Gasteiger partial charge >= 0.3 is 0 Å². The molecule has 6 nitrogen and oxygen atoms in total. The van der Waals surface area contributed by atoms with Gasteiger partial charge in [-0.15, -0.1) is 0 Å². The Morgan fingerprint density at radius 1 is 1.47 bits per heavy atom. The van der Waals surface area contributed by atoms with E-state index in [1.54, 1.807) is 17.1 Å². The minimum atomic E-state index is -0.251. The van der Waals surface area contributed by atoms with Crippen LogP contribution in [0.25, 0.3) is 0 Å². The number of hydrogen-bond acceptors (Lipinski definition) is 4. The molecule has 2 heterocycles. The van der Waals surface area contributed by atoms with Gasteiger partial charge in [-0.2, -0.15) is 5.10 Å². The molecule has 1 saturated heterocycles. The molecule has 0 bridgehead atoms. The van der Waals surface area contributed by atoms with Crippen LogP contribution in [-0.2, 0) is 9.53 Å². The molecule has 6 heteroatoms. The van der Waals surface area contributed by atoms with Gasteiger partial charge in [0, 0.05) is 32.0 Å². The molecule has 1 fully saturated rings. The van der Waals surface area contributed by atoms with Crippen LogP contribution in [0.4, 0.5) is 0 Å². The zero-order valence-corrected chi connectivity index (χ0v) is 11.4. The van der Waals surface area contributed by atoms with Crippen molar-refractivity contribution in [1.29, 1.82) is 0 Å². The maximum Gasteiger partial charge on any atom is 0.244 e. The number of ether oxygens (including phenoxy) is 1. The van der Waals surface area contributed by atoms with E-state index in [-0.39, 0.29) is 11.9 Å². The summed E-state index contributed by atoms with van der Waals surface area (Å²) in [5.74, 6) is 0.0191. The van der Waals surface area contributed by atoms with Gasteiger partial charge < -0.3 is 10.1 Å². The van der Waals surface area contributed by atoms with Crippen LogP contribution in [0.3, 0.4) is 0 Å². The van der Waals surface area contributed by atoms with E-state index in [0.29, 0.717) is 6.54 Å². The lowest BCUT2D eigenvalue weighted by Crippen LogP contribution is -2.38. The SMILES string of the molecule is C[C@H](C(=O)NCCCN1CCOCC1)n1cccn1. The monoisotopic (exact) mass is 266 g/mol. The van der Waals surface area contributed by atoms with E-state index in [2.05, 4.69) is 15.3 Å². The largest absolute Gasteiger partial charge is 0.379 e. The number of amides is 1. The highest BCUT2D eigenvalue weighted by Gasteiger charge is 2.14. The zero-order valence-electron chi connectivity index (χ0n) is 11.4. The average molecular weight is 266 g/mol. The van der Waals surface area contributed by atoms with Gasteiger partial charge in [0.1, 0.15) is 6.04 Å². The third kappa shape index (κ3) is 4.33. The van der Waals surface area contributed by atoms with Gasteiger partial charge in [0.2, 0.25) is 5.91 Å². The quantitative estimate of drug-likeness (QED) is 0.752. The molecule has 1 aromatic heterocycles. The van der Waals surface area contributed by atoms with Crippen molar-refractivity contribution in [1.82, 2.24) is 20.0 Å². The van der Waals surface area contributed by atoms with Crippen LogP contribution in [-0.4, -0.2) is 60.0 Å². The summed E-state index contributed by atoms with van der Waals surface area (Å²) in [5.41, 5.74) is 0. The lowest BCUT2D eigenvalue weighted by Gasteiger charge is -2.26. The molecule has 0 aliphatic carbocycles. The Morgan fingerprint density at radius 3 is 2.95 bits per heavy atom. The Balaban J connectivity index is 1.61.